The van der Waals surface area contributed by atoms with Crippen LogP contribution in [0.5, 0.6) is 0 Å². The zero-order valence-electron chi connectivity index (χ0n) is 8.68. The van der Waals surface area contributed by atoms with E-state index in [2.05, 4.69) is 35.9 Å². The summed E-state index contributed by atoms with van der Waals surface area (Å²) in [6.45, 7) is 2.87. The highest BCUT2D eigenvalue weighted by Crippen LogP contribution is 2.14. The minimum atomic E-state index is 0.645. The van der Waals surface area contributed by atoms with Gasteiger partial charge in [-0.25, -0.2) is 4.98 Å². The van der Waals surface area contributed by atoms with Crippen molar-refractivity contribution in [2.45, 2.75) is 6.92 Å². The lowest BCUT2D eigenvalue weighted by molar-refractivity contribution is 0.853. The van der Waals surface area contributed by atoms with Crippen LogP contribution in [0.4, 0.5) is 5.82 Å². The second-order valence-corrected chi connectivity index (χ2v) is 4.13. The third-order valence-corrected chi connectivity index (χ3v) is 2.53. The third-order valence-electron chi connectivity index (χ3n) is 2.17. The molecular formula is C9H12BrN5. The van der Waals surface area contributed by atoms with Crippen LogP contribution in [0.2, 0.25) is 0 Å². The van der Waals surface area contributed by atoms with Crippen LogP contribution in [0, 0.1) is 6.92 Å². The maximum Gasteiger partial charge on any atom is 0.254 e. The quantitative estimate of drug-likeness (QED) is 0.788. The topological polar surface area (TPSA) is 46.3 Å². The predicted octanol–water partition coefficient (Wildman–Crippen LogP) is 1.26. The molecule has 0 spiro atoms. The van der Waals surface area contributed by atoms with Crippen LogP contribution in [0.3, 0.4) is 0 Å². The van der Waals surface area contributed by atoms with Crippen molar-refractivity contribution in [1.82, 2.24) is 19.6 Å². The summed E-state index contributed by atoms with van der Waals surface area (Å²) >= 11 is 3.42. The van der Waals surface area contributed by atoms with Crippen LogP contribution in [-0.2, 0) is 0 Å². The Bertz CT molecular complexity index is 466. The molecule has 0 saturated carbocycles. The number of halogens is 1. The summed E-state index contributed by atoms with van der Waals surface area (Å²) in [4.78, 5) is 10.5. The van der Waals surface area contributed by atoms with Crippen LogP contribution < -0.4 is 4.90 Å². The van der Waals surface area contributed by atoms with E-state index in [9.17, 15) is 0 Å². The Kier molecular flexibility index (Phi) is 2.86. The molecule has 0 aliphatic rings. The molecule has 0 aliphatic heterocycles. The van der Waals surface area contributed by atoms with E-state index in [1.807, 2.05) is 20.0 Å². The predicted molar refractivity (Wildman–Crippen MR) is 62.6 cm³/mol. The average Bonchev–Trinajstić information content (AvgIpc) is 2.64. The first kappa shape index (κ1) is 10.4. The highest BCUT2D eigenvalue weighted by molar-refractivity contribution is 9.09. The molecule has 2 rings (SSSR count). The van der Waals surface area contributed by atoms with Crippen molar-refractivity contribution in [3.63, 3.8) is 0 Å². The van der Waals surface area contributed by atoms with Crippen LogP contribution in [0.25, 0.3) is 5.78 Å². The fourth-order valence-electron chi connectivity index (χ4n) is 1.42. The molecule has 0 bridgehead atoms. The largest absolute Gasteiger partial charge is 0.359 e. The number of fused-ring (bicyclic) bond motifs is 1. The monoisotopic (exact) mass is 269 g/mol. The molecule has 0 fully saturated rings. The number of hydrogen-bond donors (Lipinski definition) is 0. The Morgan fingerprint density at radius 3 is 3.07 bits per heavy atom. The molecule has 2 aromatic heterocycles. The van der Waals surface area contributed by atoms with Gasteiger partial charge in [-0.15, -0.1) is 0 Å². The van der Waals surface area contributed by atoms with Gasteiger partial charge in [0.25, 0.3) is 5.78 Å². The summed E-state index contributed by atoms with van der Waals surface area (Å²) in [7, 11) is 2.02. The van der Waals surface area contributed by atoms with E-state index in [0.717, 1.165) is 23.4 Å². The number of rotatable bonds is 3. The SMILES string of the molecule is Cc1cc(N(C)CCBr)n2ncnc2n1. The molecule has 0 aliphatic carbocycles. The first-order valence-corrected chi connectivity index (χ1v) is 5.79. The maximum absolute atomic E-state index is 4.29. The summed E-state index contributed by atoms with van der Waals surface area (Å²) in [5.41, 5.74) is 0.951. The van der Waals surface area contributed by atoms with Gasteiger partial charge in [0.05, 0.1) is 0 Å². The van der Waals surface area contributed by atoms with Crippen molar-refractivity contribution in [3.05, 3.63) is 18.1 Å². The van der Waals surface area contributed by atoms with Gasteiger partial charge in [0.2, 0.25) is 0 Å². The van der Waals surface area contributed by atoms with Gasteiger partial charge in [0.15, 0.2) is 0 Å². The molecule has 0 atom stereocenters. The summed E-state index contributed by atoms with van der Waals surface area (Å²) in [5, 5.41) is 5.07. The highest BCUT2D eigenvalue weighted by atomic mass is 79.9. The van der Waals surface area contributed by atoms with Crippen molar-refractivity contribution in [2.75, 3.05) is 23.8 Å². The Balaban J connectivity index is 2.52. The van der Waals surface area contributed by atoms with Crippen molar-refractivity contribution >= 4 is 27.5 Å². The van der Waals surface area contributed by atoms with Crippen LogP contribution in [-0.4, -0.2) is 38.5 Å². The minimum Gasteiger partial charge on any atom is -0.359 e. The molecule has 0 unspecified atom stereocenters. The molecule has 80 valence electrons. The molecule has 0 aromatic carbocycles. The number of alkyl halides is 1. The van der Waals surface area contributed by atoms with E-state index in [1.165, 1.54) is 6.33 Å². The Hall–Kier alpha value is -1.17. The first-order valence-electron chi connectivity index (χ1n) is 4.67. The van der Waals surface area contributed by atoms with E-state index in [4.69, 9.17) is 0 Å². The van der Waals surface area contributed by atoms with Crippen LogP contribution >= 0.6 is 15.9 Å². The normalized spacial score (nSPS) is 10.9. The van der Waals surface area contributed by atoms with E-state index in [0.29, 0.717) is 5.78 Å². The molecule has 0 saturated heterocycles. The minimum absolute atomic E-state index is 0.645. The van der Waals surface area contributed by atoms with Crippen molar-refractivity contribution in [3.8, 4) is 0 Å². The molecule has 0 radical (unpaired) electrons. The summed E-state index contributed by atoms with van der Waals surface area (Å²) in [5.74, 6) is 1.65. The number of anilines is 1. The summed E-state index contributed by atoms with van der Waals surface area (Å²) < 4.78 is 1.75. The Morgan fingerprint density at radius 2 is 2.33 bits per heavy atom. The molecule has 0 N–H and O–H groups in total. The number of aromatic nitrogens is 4. The van der Waals surface area contributed by atoms with Crippen LogP contribution in [0.1, 0.15) is 5.69 Å². The summed E-state index contributed by atoms with van der Waals surface area (Å²) in [6.07, 6.45) is 1.52. The van der Waals surface area contributed by atoms with Gasteiger partial charge < -0.3 is 4.90 Å². The molecule has 2 aromatic rings. The first-order chi connectivity index (χ1) is 7.22. The van der Waals surface area contributed by atoms with E-state index < -0.39 is 0 Å². The van der Waals surface area contributed by atoms with Gasteiger partial charge in [0, 0.05) is 30.7 Å². The van der Waals surface area contributed by atoms with Crippen molar-refractivity contribution in [2.24, 2.45) is 0 Å². The Morgan fingerprint density at radius 1 is 1.53 bits per heavy atom. The van der Waals surface area contributed by atoms with Gasteiger partial charge >= 0.3 is 0 Å². The molecule has 15 heavy (non-hydrogen) atoms. The number of aryl methyl sites for hydroxylation is 1. The average molecular weight is 270 g/mol. The second-order valence-electron chi connectivity index (χ2n) is 3.34. The molecule has 2 heterocycles. The molecular weight excluding hydrogens is 258 g/mol. The van der Waals surface area contributed by atoms with Crippen molar-refractivity contribution < 1.29 is 0 Å². The number of hydrogen-bond acceptors (Lipinski definition) is 4. The maximum atomic E-state index is 4.29. The molecule has 6 heteroatoms. The van der Waals surface area contributed by atoms with E-state index >= 15 is 0 Å². The smallest absolute Gasteiger partial charge is 0.254 e. The van der Waals surface area contributed by atoms with Crippen molar-refractivity contribution in [1.29, 1.82) is 0 Å². The van der Waals surface area contributed by atoms with Gasteiger partial charge in [-0.2, -0.15) is 14.6 Å². The Labute approximate surface area is 96.3 Å². The van der Waals surface area contributed by atoms with Gasteiger partial charge in [-0.1, -0.05) is 15.9 Å². The van der Waals surface area contributed by atoms with E-state index in [-0.39, 0.29) is 0 Å². The fourth-order valence-corrected chi connectivity index (χ4v) is 1.96. The standard InChI is InChI=1S/C9H12BrN5/c1-7-5-8(14(2)4-3-10)15-9(13-7)11-6-12-15/h5-6H,3-4H2,1-2H3. The zero-order chi connectivity index (χ0) is 10.8. The van der Waals surface area contributed by atoms with Crippen LogP contribution in [0.15, 0.2) is 12.4 Å². The lowest BCUT2D eigenvalue weighted by atomic mass is 10.4. The molecule has 5 nitrogen and oxygen atoms in total. The van der Waals surface area contributed by atoms with E-state index in [1.54, 1.807) is 4.52 Å². The number of nitrogens with zero attached hydrogens (tertiary/aromatic N) is 5. The van der Waals surface area contributed by atoms with Gasteiger partial charge in [-0.05, 0) is 6.92 Å². The zero-order valence-corrected chi connectivity index (χ0v) is 10.3. The van der Waals surface area contributed by atoms with Gasteiger partial charge in [0.1, 0.15) is 12.1 Å². The second kappa shape index (κ2) is 4.14. The third kappa shape index (κ3) is 1.94. The fraction of sp³-hybridized carbons (Fsp3) is 0.444. The van der Waals surface area contributed by atoms with Gasteiger partial charge in [-0.3, -0.25) is 0 Å². The molecule has 0 amide bonds. The summed E-state index contributed by atoms with van der Waals surface area (Å²) in [6, 6.07) is 2.00. The lowest BCUT2D eigenvalue weighted by Crippen LogP contribution is -2.22. The highest BCUT2D eigenvalue weighted by Gasteiger charge is 2.08. The lowest BCUT2D eigenvalue weighted by Gasteiger charge is -2.18.